The molecule has 0 saturated carbocycles. The maximum absolute atomic E-state index is 13.5. The molecule has 1 aliphatic heterocycles. The van der Waals surface area contributed by atoms with Crippen LogP contribution in [0.3, 0.4) is 0 Å². The second kappa shape index (κ2) is 9.27. The summed E-state index contributed by atoms with van der Waals surface area (Å²) in [6, 6.07) is 14.5. The minimum absolute atomic E-state index is 0.0877. The SMILES string of the molecule is Cc1cc(Cl)cc(Oc2ccc(C#N)cc2S(=O)(=O)N2CCN(C(=O)c3ccco3)CC2)c1. The number of ether oxygens (including phenoxy) is 1. The highest BCUT2D eigenvalue weighted by atomic mass is 35.5. The summed E-state index contributed by atoms with van der Waals surface area (Å²) in [4.78, 5) is 13.9. The van der Waals surface area contributed by atoms with Crippen LogP contribution in [0.2, 0.25) is 5.02 Å². The Morgan fingerprint density at radius 2 is 1.88 bits per heavy atom. The first-order valence-corrected chi connectivity index (χ1v) is 11.9. The molecule has 0 aliphatic carbocycles. The van der Waals surface area contributed by atoms with Crippen molar-refractivity contribution in [3.8, 4) is 17.6 Å². The summed E-state index contributed by atoms with van der Waals surface area (Å²) in [7, 11) is -4.01. The molecule has 0 N–H and O–H groups in total. The highest BCUT2D eigenvalue weighted by molar-refractivity contribution is 7.89. The molecule has 1 amide bonds. The number of piperazine rings is 1. The summed E-state index contributed by atoms with van der Waals surface area (Å²) in [6.45, 7) is 2.46. The molecule has 0 unspecified atom stereocenters. The standard InChI is InChI=1S/C23H20ClN3O5S/c1-16-11-18(24)14-19(12-16)32-20-5-4-17(15-25)13-22(20)33(29,30)27-8-6-26(7-9-27)23(28)21-3-2-10-31-21/h2-5,10-14H,6-9H2,1H3. The molecule has 1 fully saturated rings. The average molecular weight is 486 g/mol. The molecule has 1 saturated heterocycles. The van der Waals surface area contributed by atoms with Crippen molar-refractivity contribution in [1.82, 2.24) is 9.21 Å². The van der Waals surface area contributed by atoms with E-state index in [9.17, 15) is 18.5 Å². The maximum Gasteiger partial charge on any atom is 0.289 e. The lowest BCUT2D eigenvalue weighted by Crippen LogP contribution is -2.50. The van der Waals surface area contributed by atoms with Crippen LogP contribution in [0.5, 0.6) is 11.5 Å². The van der Waals surface area contributed by atoms with Crippen LogP contribution < -0.4 is 4.74 Å². The average Bonchev–Trinajstić information content (AvgIpc) is 3.33. The number of furan rings is 1. The molecule has 0 spiro atoms. The van der Waals surface area contributed by atoms with Gasteiger partial charge in [0.05, 0.1) is 17.9 Å². The lowest BCUT2D eigenvalue weighted by molar-refractivity contribution is 0.0666. The topological polar surface area (TPSA) is 104 Å². The summed E-state index contributed by atoms with van der Waals surface area (Å²) in [5.74, 6) is 0.393. The highest BCUT2D eigenvalue weighted by Crippen LogP contribution is 2.33. The summed E-state index contributed by atoms with van der Waals surface area (Å²) in [6.07, 6.45) is 1.42. The maximum atomic E-state index is 13.5. The van der Waals surface area contributed by atoms with Gasteiger partial charge in [-0.3, -0.25) is 4.79 Å². The van der Waals surface area contributed by atoms with Gasteiger partial charge in [0, 0.05) is 31.2 Å². The first-order chi connectivity index (χ1) is 15.8. The van der Waals surface area contributed by atoms with Gasteiger partial charge in [-0.25, -0.2) is 8.42 Å². The van der Waals surface area contributed by atoms with Crippen LogP contribution in [0.15, 0.2) is 64.1 Å². The first kappa shape index (κ1) is 22.9. The van der Waals surface area contributed by atoms with E-state index in [2.05, 4.69) is 0 Å². The van der Waals surface area contributed by atoms with Gasteiger partial charge in [-0.2, -0.15) is 9.57 Å². The van der Waals surface area contributed by atoms with E-state index in [0.717, 1.165) is 5.56 Å². The third-order valence-corrected chi connectivity index (χ3v) is 7.33. The number of hydrogen-bond acceptors (Lipinski definition) is 6. The van der Waals surface area contributed by atoms with Gasteiger partial charge in [0.2, 0.25) is 10.0 Å². The summed E-state index contributed by atoms with van der Waals surface area (Å²) in [5.41, 5.74) is 1.04. The lowest BCUT2D eigenvalue weighted by Gasteiger charge is -2.33. The van der Waals surface area contributed by atoms with Gasteiger partial charge >= 0.3 is 0 Å². The number of carbonyl (C=O) groups is 1. The number of amides is 1. The Balaban J connectivity index is 1.59. The van der Waals surface area contributed by atoms with E-state index in [1.807, 2.05) is 13.0 Å². The second-order valence-corrected chi connectivity index (χ2v) is 9.86. The quantitative estimate of drug-likeness (QED) is 0.540. The number of nitriles is 1. The Morgan fingerprint density at radius 3 is 2.52 bits per heavy atom. The van der Waals surface area contributed by atoms with Gasteiger partial charge < -0.3 is 14.1 Å². The number of benzene rings is 2. The molecule has 10 heteroatoms. The molecular formula is C23H20ClN3O5S. The number of carbonyl (C=O) groups excluding carboxylic acids is 1. The van der Waals surface area contributed by atoms with Crippen LogP contribution in [-0.2, 0) is 10.0 Å². The number of hydrogen-bond donors (Lipinski definition) is 0. The van der Waals surface area contributed by atoms with Crippen LogP contribution in [0.1, 0.15) is 21.7 Å². The fourth-order valence-corrected chi connectivity index (χ4v) is 5.42. The Kier molecular flexibility index (Phi) is 6.42. The zero-order chi connectivity index (χ0) is 23.6. The molecule has 0 bridgehead atoms. The van der Waals surface area contributed by atoms with Crippen LogP contribution in [0.4, 0.5) is 0 Å². The van der Waals surface area contributed by atoms with Crippen LogP contribution in [0.25, 0.3) is 0 Å². The number of sulfonamides is 1. The van der Waals surface area contributed by atoms with E-state index in [4.69, 9.17) is 20.8 Å². The monoisotopic (exact) mass is 485 g/mol. The summed E-state index contributed by atoms with van der Waals surface area (Å²) >= 11 is 6.10. The zero-order valence-electron chi connectivity index (χ0n) is 17.7. The summed E-state index contributed by atoms with van der Waals surface area (Å²) in [5, 5.41) is 9.77. The Morgan fingerprint density at radius 1 is 1.12 bits per heavy atom. The van der Waals surface area contributed by atoms with E-state index in [-0.39, 0.29) is 54.1 Å². The molecular weight excluding hydrogens is 466 g/mol. The van der Waals surface area contributed by atoms with Crippen molar-refractivity contribution >= 4 is 27.5 Å². The predicted octanol–water partition coefficient (Wildman–Crippen LogP) is 4.05. The van der Waals surface area contributed by atoms with E-state index < -0.39 is 10.0 Å². The van der Waals surface area contributed by atoms with Gasteiger partial charge in [-0.15, -0.1) is 0 Å². The molecule has 0 radical (unpaired) electrons. The lowest BCUT2D eigenvalue weighted by atomic mass is 10.2. The number of rotatable bonds is 5. The molecule has 4 rings (SSSR count). The molecule has 170 valence electrons. The van der Waals surface area contributed by atoms with Crippen molar-refractivity contribution in [1.29, 1.82) is 5.26 Å². The number of nitrogens with zero attached hydrogens (tertiary/aromatic N) is 3. The number of aryl methyl sites for hydroxylation is 1. The second-order valence-electron chi connectivity index (χ2n) is 7.51. The summed E-state index contributed by atoms with van der Waals surface area (Å²) < 4.78 is 39.3. The molecule has 1 aliphatic rings. The normalized spacial score (nSPS) is 14.6. The minimum Gasteiger partial charge on any atom is -0.459 e. The van der Waals surface area contributed by atoms with E-state index in [1.54, 1.807) is 35.2 Å². The Bertz CT molecular complexity index is 1300. The largest absolute Gasteiger partial charge is 0.459 e. The third-order valence-electron chi connectivity index (χ3n) is 5.19. The van der Waals surface area contributed by atoms with Crippen molar-refractivity contribution in [2.24, 2.45) is 0 Å². The van der Waals surface area contributed by atoms with E-state index in [1.165, 1.54) is 28.8 Å². The van der Waals surface area contributed by atoms with Crippen molar-refractivity contribution in [3.05, 3.63) is 76.7 Å². The molecule has 0 atom stereocenters. The molecule has 1 aromatic heterocycles. The predicted molar refractivity (Wildman–Crippen MR) is 121 cm³/mol. The van der Waals surface area contributed by atoms with E-state index >= 15 is 0 Å². The van der Waals surface area contributed by atoms with Crippen LogP contribution in [-0.4, -0.2) is 49.7 Å². The minimum atomic E-state index is -4.01. The van der Waals surface area contributed by atoms with Gasteiger partial charge in [-0.1, -0.05) is 11.6 Å². The van der Waals surface area contributed by atoms with Crippen LogP contribution in [0, 0.1) is 18.3 Å². The fraction of sp³-hybridized carbons (Fsp3) is 0.217. The van der Waals surface area contributed by atoms with Crippen molar-refractivity contribution in [2.75, 3.05) is 26.2 Å². The van der Waals surface area contributed by atoms with Crippen molar-refractivity contribution < 1.29 is 22.4 Å². The fourth-order valence-electron chi connectivity index (χ4n) is 3.58. The Labute approximate surface area is 196 Å². The smallest absolute Gasteiger partial charge is 0.289 e. The van der Waals surface area contributed by atoms with Crippen LogP contribution >= 0.6 is 11.6 Å². The molecule has 2 aromatic carbocycles. The van der Waals surface area contributed by atoms with Crippen molar-refractivity contribution in [2.45, 2.75) is 11.8 Å². The molecule has 3 aromatic rings. The zero-order valence-corrected chi connectivity index (χ0v) is 19.3. The van der Waals surface area contributed by atoms with Gasteiger partial charge in [-0.05, 0) is 61.0 Å². The third kappa shape index (κ3) is 4.88. The molecule has 8 nitrogen and oxygen atoms in total. The first-order valence-electron chi connectivity index (χ1n) is 10.1. The van der Waals surface area contributed by atoms with Crippen molar-refractivity contribution in [3.63, 3.8) is 0 Å². The van der Waals surface area contributed by atoms with Gasteiger partial charge in [0.1, 0.15) is 16.4 Å². The molecule has 2 heterocycles. The Hall–Kier alpha value is -3.32. The molecule has 33 heavy (non-hydrogen) atoms. The van der Waals surface area contributed by atoms with Gasteiger partial charge in [0.15, 0.2) is 5.76 Å². The number of halogens is 1. The highest BCUT2D eigenvalue weighted by Gasteiger charge is 2.33. The van der Waals surface area contributed by atoms with Gasteiger partial charge in [0.25, 0.3) is 5.91 Å². The van der Waals surface area contributed by atoms with E-state index in [0.29, 0.717) is 10.8 Å².